The van der Waals surface area contributed by atoms with Crippen molar-refractivity contribution in [1.82, 2.24) is 19.3 Å². The van der Waals surface area contributed by atoms with E-state index in [2.05, 4.69) is 10.1 Å². The summed E-state index contributed by atoms with van der Waals surface area (Å²) in [5, 5.41) is 13.0. The predicted octanol–water partition coefficient (Wildman–Crippen LogP) is 1.22. The van der Waals surface area contributed by atoms with Crippen molar-refractivity contribution in [3.8, 4) is 0 Å². The summed E-state index contributed by atoms with van der Waals surface area (Å²) in [7, 11) is 0. The highest BCUT2D eigenvalue weighted by molar-refractivity contribution is 5.72. The minimum Gasteiger partial charge on any atom is -0.480 e. The zero-order valence-electron chi connectivity index (χ0n) is 11.9. The molecule has 1 unspecified atom stereocenters. The van der Waals surface area contributed by atoms with Crippen LogP contribution >= 0.6 is 0 Å². The minimum atomic E-state index is -4.96. The molecular weight excluding hydrogens is 336 g/mol. The zero-order valence-corrected chi connectivity index (χ0v) is 11.9. The molecule has 0 spiro atoms. The number of hydrogen-bond donors (Lipinski definition) is 1. The smallest absolute Gasteiger partial charge is 0.436 e. The van der Waals surface area contributed by atoms with Crippen LogP contribution < -0.4 is 5.69 Å². The number of carbonyl (C=O) groups is 1. The molecule has 0 fully saturated rings. The van der Waals surface area contributed by atoms with Gasteiger partial charge in [-0.05, 0) is 12.5 Å². The van der Waals surface area contributed by atoms with Gasteiger partial charge < -0.3 is 5.11 Å². The number of halogens is 4. The van der Waals surface area contributed by atoms with Crippen LogP contribution in [0.2, 0.25) is 0 Å². The van der Waals surface area contributed by atoms with E-state index in [-0.39, 0.29) is 18.7 Å². The van der Waals surface area contributed by atoms with Crippen LogP contribution in [0.25, 0.3) is 0 Å². The molecule has 0 bridgehead atoms. The lowest BCUT2D eigenvalue weighted by Gasteiger charge is -2.10. The van der Waals surface area contributed by atoms with Crippen LogP contribution in [0.3, 0.4) is 0 Å². The van der Waals surface area contributed by atoms with Gasteiger partial charge in [-0.25, -0.2) is 23.6 Å². The molecule has 0 radical (unpaired) electrons. The Morgan fingerprint density at radius 2 is 2.12 bits per heavy atom. The van der Waals surface area contributed by atoms with E-state index < -0.39 is 47.5 Å². The van der Waals surface area contributed by atoms with E-state index in [0.29, 0.717) is 0 Å². The number of carboxylic acid groups (broad SMARTS) is 1. The largest absolute Gasteiger partial charge is 0.480 e. The summed E-state index contributed by atoms with van der Waals surface area (Å²) >= 11 is 0. The third kappa shape index (κ3) is 2.55. The summed E-state index contributed by atoms with van der Waals surface area (Å²) < 4.78 is 53.7. The van der Waals surface area contributed by atoms with Crippen molar-refractivity contribution < 1.29 is 27.5 Å². The van der Waals surface area contributed by atoms with Gasteiger partial charge in [-0.2, -0.15) is 18.3 Å². The lowest BCUT2D eigenvalue weighted by Crippen LogP contribution is -2.30. The van der Waals surface area contributed by atoms with E-state index in [9.17, 15) is 27.2 Å². The number of hydrogen-bond acceptors (Lipinski definition) is 4. The number of rotatable bonds is 3. The zero-order chi connectivity index (χ0) is 17.6. The van der Waals surface area contributed by atoms with Crippen LogP contribution in [0.1, 0.15) is 29.5 Å². The third-order valence-corrected chi connectivity index (χ3v) is 3.74. The maximum absolute atomic E-state index is 14.0. The van der Waals surface area contributed by atoms with Gasteiger partial charge in [-0.3, -0.25) is 4.57 Å². The first-order chi connectivity index (χ1) is 11.2. The molecule has 1 aliphatic rings. The number of aryl methyl sites for hydroxylation is 1. The molecule has 1 atom stereocenters. The molecule has 0 amide bonds. The molecule has 7 nitrogen and oxygen atoms in total. The molecule has 2 aromatic heterocycles. The summed E-state index contributed by atoms with van der Waals surface area (Å²) in [5.74, 6) is -2.58. The van der Waals surface area contributed by atoms with Crippen molar-refractivity contribution >= 4 is 5.97 Å². The summed E-state index contributed by atoms with van der Waals surface area (Å²) in [5.41, 5.74) is -2.90. The molecule has 0 aliphatic carbocycles. The summed E-state index contributed by atoms with van der Waals surface area (Å²) in [6, 6.07) is -0.0647. The van der Waals surface area contributed by atoms with Gasteiger partial charge in [0.05, 0.1) is 6.54 Å². The molecule has 3 heterocycles. The van der Waals surface area contributed by atoms with Crippen molar-refractivity contribution in [3.05, 3.63) is 45.6 Å². The first-order valence-electron chi connectivity index (χ1n) is 6.81. The predicted molar refractivity (Wildman–Crippen MR) is 69.8 cm³/mol. The Morgan fingerprint density at radius 3 is 2.75 bits per heavy atom. The third-order valence-electron chi connectivity index (χ3n) is 3.74. The number of fused-ring (bicyclic) bond motifs is 1. The average molecular weight is 346 g/mol. The molecule has 24 heavy (non-hydrogen) atoms. The highest BCUT2D eigenvalue weighted by Gasteiger charge is 2.37. The maximum atomic E-state index is 14.0. The topological polar surface area (TPSA) is 90.0 Å². The van der Waals surface area contributed by atoms with E-state index in [0.717, 1.165) is 21.5 Å². The molecule has 1 N–H and O–H groups in total. The molecule has 2 aromatic rings. The second kappa shape index (κ2) is 5.42. The number of pyridine rings is 1. The van der Waals surface area contributed by atoms with Crippen LogP contribution in [0.4, 0.5) is 17.6 Å². The Labute approximate surface area is 131 Å². The number of nitrogens with zero attached hydrogens (tertiary/aromatic N) is 4. The first-order valence-corrected chi connectivity index (χ1v) is 6.81. The second-order valence-electron chi connectivity index (χ2n) is 5.25. The molecule has 0 saturated carbocycles. The van der Waals surface area contributed by atoms with Crippen molar-refractivity contribution in [2.24, 2.45) is 0 Å². The van der Waals surface area contributed by atoms with Gasteiger partial charge in [-0.1, -0.05) is 0 Å². The van der Waals surface area contributed by atoms with E-state index in [1.807, 2.05) is 0 Å². The quantitative estimate of drug-likeness (QED) is 0.844. The van der Waals surface area contributed by atoms with E-state index in [1.165, 1.54) is 0 Å². The number of aromatic nitrogens is 4. The van der Waals surface area contributed by atoms with Crippen LogP contribution in [-0.2, 0) is 23.9 Å². The maximum Gasteiger partial charge on any atom is 0.436 e. The molecule has 0 saturated heterocycles. The lowest BCUT2D eigenvalue weighted by molar-refractivity contribution is -0.144. The van der Waals surface area contributed by atoms with Gasteiger partial charge in [0.15, 0.2) is 11.5 Å². The highest BCUT2D eigenvalue weighted by atomic mass is 19.4. The van der Waals surface area contributed by atoms with Gasteiger partial charge in [-0.15, -0.1) is 0 Å². The Balaban J connectivity index is 1.99. The summed E-state index contributed by atoms with van der Waals surface area (Å²) in [4.78, 5) is 26.3. The van der Waals surface area contributed by atoms with Crippen LogP contribution in [0, 0.1) is 5.82 Å². The van der Waals surface area contributed by atoms with E-state index >= 15 is 0 Å². The SMILES string of the molecule is O=C(O)C1CCc2nn(Cc3ccnc(C(F)(F)F)c3F)c(=O)n21. The highest BCUT2D eigenvalue weighted by Crippen LogP contribution is 2.30. The fraction of sp³-hybridized carbons (Fsp3) is 0.385. The first kappa shape index (κ1) is 16.1. The molecule has 3 rings (SSSR count). The van der Waals surface area contributed by atoms with Crippen LogP contribution in [-0.4, -0.2) is 30.4 Å². The molecule has 11 heteroatoms. The Kier molecular flexibility index (Phi) is 3.65. The molecule has 1 aliphatic heterocycles. The number of carboxylic acids is 1. The average Bonchev–Trinajstić information content (AvgIpc) is 3.01. The number of aliphatic carboxylic acids is 1. The van der Waals surface area contributed by atoms with Gasteiger partial charge >= 0.3 is 17.8 Å². The fourth-order valence-electron chi connectivity index (χ4n) is 2.65. The van der Waals surface area contributed by atoms with Gasteiger partial charge in [0.25, 0.3) is 0 Å². The standard InChI is InChI=1S/C13H10F4N4O3/c14-9-6(3-4-18-10(9)13(15,16)17)5-20-12(24)21-7(11(22)23)1-2-8(21)19-20/h3-4,7H,1-2,5H2,(H,22,23). The fourth-order valence-corrected chi connectivity index (χ4v) is 2.65. The number of alkyl halides is 3. The van der Waals surface area contributed by atoms with E-state index in [4.69, 9.17) is 5.11 Å². The van der Waals surface area contributed by atoms with Crippen molar-refractivity contribution in [2.45, 2.75) is 31.6 Å². The van der Waals surface area contributed by atoms with Gasteiger partial charge in [0, 0.05) is 18.2 Å². The van der Waals surface area contributed by atoms with Crippen molar-refractivity contribution in [2.75, 3.05) is 0 Å². The Hall–Kier alpha value is -2.72. The molecular formula is C13H10F4N4O3. The molecule has 128 valence electrons. The summed E-state index contributed by atoms with van der Waals surface area (Å²) in [6.45, 7) is -0.553. The van der Waals surface area contributed by atoms with Gasteiger partial charge in [0.1, 0.15) is 11.9 Å². The second-order valence-corrected chi connectivity index (χ2v) is 5.25. The van der Waals surface area contributed by atoms with Crippen LogP contribution in [0.15, 0.2) is 17.1 Å². The monoisotopic (exact) mass is 346 g/mol. The Morgan fingerprint density at radius 1 is 1.42 bits per heavy atom. The van der Waals surface area contributed by atoms with Crippen molar-refractivity contribution in [3.63, 3.8) is 0 Å². The van der Waals surface area contributed by atoms with Crippen molar-refractivity contribution in [1.29, 1.82) is 0 Å². The lowest BCUT2D eigenvalue weighted by atomic mass is 10.2. The summed E-state index contributed by atoms with van der Waals surface area (Å²) in [6.07, 6.45) is -3.73. The van der Waals surface area contributed by atoms with E-state index in [1.54, 1.807) is 0 Å². The Bertz CT molecular complexity index is 871. The normalized spacial score (nSPS) is 17.1. The van der Waals surface area contributed by atoms with Gasteiger partial charge in [0.2, 0.25) is 0 Å². The minimum absolute atomic E-state index is 0.204. The van der Waals surface area contributed by atoms with Crippen LogP contribution in [0.5, 0.6) is 0 Å². The molecule has 0 aromatic carbocycles.